The van der Waals surface area contributed by atoms with E-state index in [2.05, 4.69) is 5.32 Å². The molecule has 0 aliphatic heterocycles. The number of nitrogens with one attached hydrogen (secondary N) is 1. The largest absolute Gasteiger partial charge is 0.342 e. The highest BCUT2D eigenvalue weighted by molar-refractivity contribution is 7.10. The van der Waals surface area contributed by atoms with E-state index in [4.69, 9.17) is 5.26 Å². The molecular weight excluding hydrogens is 232 g/mol. The molecule has 0 spiro atoms. The first kappa shape index (κ1) is 12.1. The van der Waals surface area contributed by atoms with E-state index < -0.39 is 0 Å². The minimum Gasteiger partial charge on any atom is -0.342 e. The average Bonchev–Trinajstić information content (AvgIpc) is 2.91. The number of nitriles is 1. The zero-order valence-corrected chi connectivity index (χ0v) is 10.6. The van der Waals surface area contributed by atoms with Crippen molar-refractivity contribution in [2.24, 2.45) is 0 Å². The van der Waals surface area contributed by atoms with Crippen molar-refractivity contribution < 1.29 is 4.79 Å². The predicted molar refractivity (Wildman–Crippen MR) is 67.7 cm³/mol. The molecule has 1 N–H and O–H groups in total. The highest BCUT2D eigenvalue weighted by Gasteiger charge is 2.41. The number of nitrogens with zero attached hydrogens (tertiary/aromatic N) is 1. The summed E-state index contributed by atoms with van der Waals surface area (Å²) in [6.07, 6.45) is 5.21. The first-order chi connectivity index (χ1) is 8.29. The number of carbonyl (C=O) groups excluding carboxylic acids is 1. The van der Waals surface area contributed by atoms with Crippen molar-refractivity contribution in [1.82, 2.24) is 5.32 Å². The van der Waals surface area contributed by atoms with Gasteiger partial charge in [0, 0.05) is 4.88 Å². The van der Waals surface area contributed by atoms with Gasteiger partial charge in [0.05, 0.1) is 11.5 Å². The van der Waals surface area contributed by atoms with Crippen LogP contribution in [0.25, 0.3) is 0 Å². The van der Waals surface area contributed by atoms with Gasteiger partial charge in [0.15, 0.2) is 0 Å². The lowest BCUT2D eigenvalue weighted by molar-refractivity contribution is -0.127. The van der Waals surface area contributed by atoms with Crippen LogP contribution >= 0.6 is 11.3 Å². The third-order valence-corrected chi connectivity index (χ3v) is 4.54. The topological polar surface area (TPSA) is 52.9 Å². The Hall–Kier alpha value is -1.34. The maximum absolute atomic E-state index is 12.3. The summed E-state index contributed by atoms with van der Waals surface area (Å²) < 4.78 is 0. The van der Waals surface area contributed by atoms with Crippen molar-refractivity contribution in [3.05, 3.63) is 22.4 Å². The van der Waals surface area contributed by atoms with Crippen LogP contribution < -0.4 is 5.32 Å². The Morgan fingerprint density at radius 1 is 1.47 bits per heavy atom. The SMILES string of the molecule is N#CCNC(=O)C1(c2cccs2)CCCCC1. The van der Waals surface area contributed by atoms with Crippen LogP contribution in [0, 0.1) is 11.3 Å². The van der Waals surface area contributed by atoms with E-state index in [1.165, 1.54) is 6.42 Å². The molecule has 0 saturated heterocycles. The molecule has 1 aromatic heterocycles. The van der Waals surface area contributed by atoms with Gasteiger partial charge >= 0.3 is 0 Å². The van der Waals surface area contributed by atoms with Crippen molar-refractivity contribution in [2.45, 2.75) is 37.5 Å². The van der Waals surface area contributed by atoms with Crippen molar-refractivity contribution in [3.8, 4) is 6.07 Å². The highest BCUT2D eigenvalue weighted by Crippen LogP contribution is 2.41. The maximum Gasteiger partial charge on any atom is 0.232 e. The van der Waals surface area contributed by atoms with Crippen LogP contribution in [-0.2, 0) is 10.2 Å². The summed E-state index contributed by atoms with van der Waals surface area (Å²) in [5.41, 5.74) is -0.372. The van der Waals surface area contributed by atoms with Crippen LogP contribution in [0.4, 0.5) is 0 Å². The summed E-state index contributed by atoms with van der Waals surface area (Å²) in [5, 5.41) is 13.3. The van der Waals surface area contributed by atoms with Crippen LogP contribution in [-0.4, -0.2) is 12.5 Å². The van der Waals surface area contributed by atoms with Crippen LogP contribution in [0.3, 0.4) is 0 Å². The minimum absolute atomic E-state index is 0.0289. The molecule has 1 aliphatic rings. The smallest absolute Gasteiger partial charge is 0.232 e. The second-order valence-electron chi connectivity index (χ2n) is 4.46. The van der Waals surface area contributed by atoms with Gasteiger partial charge in [0.2, 0.25) is 5.91 Å². The fourth-order valence-corrected chi connectivity index (χ4v) is 3.56. The maximum atomic E-state index is 12.3. The van der Waals surface area contributed by atoms with Crippen molar-refractivity contribution in [3.63, 3.8) is 0 Å². The monoisotopic (exact) mass is 248 g/mol. The Morgan fingerprint density at radius 2 is 2.24 bits per heavy atom. The van der Waals surface area contributed by atoms with Gasteiger partial charge in [-0.2, -0.15) is 5.26 Å². The van der Waals surface area contributed by atoms with Gasteiger partial charge in [0.25, 0.3) is 0 Å². The molecular formula is C13H16N2OS. The number of amides is 1. The molecule has 2 rings (SSSR count). The second kappa shape index (κ2) is 5.33. The number of carbonyl (C=O) groups is 1. The van der Waals surface area contributed by atoms with E-state index >= 15 is 0 Å². The first-order valence-electron chi connectivity index (χ1n) is 5.99. The molecule has 1 amide bonds. The van der Waals surface area contributed by atoms with Crippen LogP contribution in [0.5, 0.6) is 0 Å². The first-order valence-corrected chi connectivity index (χ1v) is 6.87. The van der Waals surface area contributed by atoms with Gasteiger partial charge in [-0.25, -0.2) is 0 Å². The summed E-state index contributed by atoms with van der Waals surface area (Å²) in [6, 6.07) is 6.01. The molecule has 1 fully saturated rings. The summed E-state index contributed by atoms with van der Waals surface area (Å²) in [7, 11) is 0. The average molecular weight is 248 g/mol. The molecule has 0 unspecified atom stereocenters. The Morgan fingerprint density at radius 3 is 2.82 bits per heavy atom. The third-order valence-electron chi connectivity index (χ3n) is 3.46. The zero-order valence-electron chi connectivity index (χ0n) is 9.74. The van der Waals surface area contributed by atoms with E-state index in [1.54, 1.807) is 11.3 Å². The molecule has 0 bridgehead atoms. The van der Waals surface area contributed by atoms with Crippen LogP contribution in [0.1, 0.15) is 37.0 Å². The lowest BCUT2D eigenvalue weighted by atomic mass is 9.72. The molecule has 1 aromatic rings. The number of rotatable bonds is 3. The molecule has 1 saturated carbocycles. The quantitative estimate of drug-likeness (QED) is 0.836. The van der Waals surface area contributed by atoms with Gasteiger partial charge < -0.3 is 5.32 Å². The molecule has 1 heterocycles. The van der Waals surface area contributed by atoms with Gasteiger partial charge in [-0.1, -0.05) is 25.3 Å². The molecule has 3 nitrogen and oxygen atoms in total. The van der Waals surface area contributed by atoms with Crippen molar-refractivity contribution in [2.75, 3.05) is 6.54 Å². The standard InChI is InChI=1S/C13H16N2OS/c14-8-9-15-12(16)13(6-2-1-3-7-13)11-5-4-10-17-11/h4-5,10H,1-3,6-7,9H2,(H,15,16). The van der Waals surface area contributed by atoms with Gasteiger partial charge in [-0.15, -0.1) is 11.3 Å². The van der Waals surface area contributed by atoms with E-state index in [0.29, 0.717) is 0 Å². The Bertz CT molecular complexity index is 413. The van der Waals surface area contributed by atoms with Gasteiger partial charge in [0.1, 0.15) is 6.54 Å². The van der Waals surface area contributed by atoms with Crippen molar-refractivity contribution >= 4 is 17.2 Å². The van der Waals surface area contributed by atoms with E-state index in [0.717, 1.165) is 30.6 Å². The van der Waals surface area contributed by atoms with Gasteiger partial charge in [-0.05, 0) is 24.3 Å². The normalized spacial score (nSPS) is 18.3. The Labute approximate surface area is 105 Å². The molecule has 0 atom stereocenters. The fourth-order valence-electron chi connectivity index (χ4n) is 2.58. The Kier molecular flexibility index (Phi) is 3.80. The van der Waals surface area contributed by atoms with Crippen molar-refractivity contribution in [1.29, 1.82) is 5.26 Å². The third kappa shape index (κ3) is 2.34. The van der Waals surface area contributed by atoms with Crippen LogP contribution in [0.15, 0.2) is 17.5 Å². The summed E-state index contributed by atoms with van der Waals surface area (Å²) in [5.74, 6) is 0.0289. The fraction of sp³-hybridized carbons (Fsp3) is 0.538. The summed E-state index contributed by atoms with van der Waals surface area (Å²) in [4.78, 5) is 13.5. The van der Waals surface area contributed by atoms with Gasteiger partial charge in [-0.3, -0.25) is 4.79 Å². The zero-order chi connectivity index (χ0) is 12.1. The molecule has 17 heavy (non-hydrogen) atoms. The molecule has 0 radical (unpaired) electrons. The molecule has 0 aromatic carbocycles. The minimum atomic E-state index is -0.372. The summed E-state index contributed by atoms with van der Waals surface area (Å²) >= 11 is 1.65. The Balaban J connectivity index is 2.24. The van der Waals surface area contributed by atoms with E-state index in [9.17, 15) is 4.79 Å². The number of thiophene rings is 1. The lowest BCUT2D eigenvalue weighted by Gasteiger charge is -2.34. The van der Waals surface area contributed by atoms with E-state index in [-0.39, 0.29) is 17.9 Å². The second-order valence-corrected chi connectivity index (χ2v) is 5.41. The van der Waals surface area contributed by atoms with Crippen LogP contribution in [0.2, 0.25) is 0 Å². The van der Waals surface area contributed by atoms with E-state index in [1.807, 2.05) is 23.6 Å². The number of hydrogen-bond donors (Lipinski definition) is 1. The number of hydrogen-bond acceptors (Lipinski definition) is 3. The molecule has 90 valence electrons. The predicted octanol–water partition coefficient (Wildman–Crippen LogP) is 2.59. The molecule has 4 heteroatoms. The lowest BCUT2D eigenvalue weighted by Crippen LogP contribution is -2.45. The molecule has 1 aliphatic carbocycles. The highest BCUT2D eigenvalue weighted by atomic mass is 32.1. The summed E-state index contributed by atoms with van der Waals surface area (Å²) in [6.45, 7) is 0.103.